The van der Waals surface area contributed by atoms with Crippen molar-refractivity contribution in [2.75, 3.05) is 5.43 Å². The number of aromatic nitrogens is 4. The molecule has 0 saturated carbocycles. The topological polar surface area (TPSA) is 128 Å². The predicted molar refractivity (Wildman–Crippen MR) is 99.8 cm³/mol. The molecular weight excluding hydrogens is 370 g/mol. The van der Waals surface area contributed by atoms with E-state index in [4.69, 9.17) is 0 Å². The number of nitrogens with one attached hydrogen (secondary N) is 1. The number of Topliss-reactive ketones (excluding diaryl/α,β-unsaturated/α-hetero) is 1. The van der Waals surface area contributed by atoms with E-state index in [-0.39, 0.29) is 16.5 Å². The highest BCUT2D eigenvalue weighted by Gasteiger charge is 2.16. The Labute approximate surface area is 157 Å². The smallest absolute Gasteiger partial charge is 0.271 e. The molecule has 0 radical (unpaired) electrons. The molecule has 0 saturated heterocycles. The van der Waals surface area contributed by atoms with Crippen LogP contribution in [0.2, 0.25) is 0 Å². The highest BCUT2D eigenvalue weighted by molar-refractivity contribution is 8.15. The van der Waals surface area contributed by atoms with Crippen molar-refractivity contribution in [2.45, 2.75) is 12.1 Å². The van der Waals surface area contributed by atoms with Crippen molar-refractivity contribution < 1.29 is 9.72 Å². The number of anilines is 1. The first-order chi connectivity index (χ1) is 13.0. The summed E-state index contributed by atoms with van der Waals surface area (Å²) in [6.07, 6.45) is 0. The number of benzene rings is 2. The third-order valence-electron chi connectivity index (χ3n) is 3.27. The first kappa shape index (κ1) is 18.2. The molecule has 1 aromatic heterocycles. The molecule has 3 rings (SSSR count). The molecule has 10 nitrogen and oxygen atoms in total. The number of ketones is 1. The summed E-state index contributed by atoms with van der Waals surface area (Å²) in [7, 11) is 0. The van der Waals surface area contributed by atoms with Crippen LogP contribution >= 0.6 is 11.8 Å². The lowest BCUT2D eigenvalue weighted by Crippen LogP contribution is -2.10. The maximum absolute atomic E-state index is 11.9. The fraction of sp³-hybridized carbons (Fsp3) is 0.0625. The van der Waals surface area contributed by atoms with Gasteiger partial charge in [-0.15, -0.1) is 5.10 Å². The normalized spacial score (nSPS) is 11.2. The van der Waals surface area contributed by atoms with Crippen LogP contribution in [0.5, 0.6) is 0 Å². The van der Waals surface area contributed by atoms with Crippen LogP contribution in [0, 0.1) is 10.1 Å². The van der Waals surface area contributed by atoms with Crippen LogP contribution in [0.25, 0.3) is 5.69 Å². The van der Waals surface area contributed by atoms with Crippen molar-refractivity contribution in [1.82, 2.24) is 20.2 Å². The minimum atomic E-state index is -0.510. The molecule has 0 aliphatic rings. The molecule has 27 heavy (non-hydrogen) atoms. The number of para-hydroxylation sites is 1. The SMILES string of the molecule is CC(=O)/C(=N\Nc1cccc([N+](=O)[O-])c1)Sc1nnnn1-c1ccccc1. The number of hydrogen-bond donors (Lipinski definition) is 1. The van der Waals surface area contributed by atoms with Gasteiger partial charge in [-0.2, -0.15) is 9.78 Å². The van der Waals surface area contributed by atoms with Crippen LogP contribution in [0.1, 0.15) is 6.92 Å². The van der Waals surface area contributed by atoms with E-state index in [1.807, 2.05) is 30.3 Å². The van der Waals surface area contributed by atoms with E-state index in [1.165, 1.54) is 29.8 Å². The van der Waals surface area contributed by atoms with Crippen molar-refractivity contribution >= 4 is 34.0 Å². The number of nitro benzene ring substituents is 1. The van der Waals surface area contributed by atoms with Crippen molar-refractivity contribution in [2.24, 2.45) is 5.10 Å². The Hall–Kier alpha value is -3.60. The van der Waals surface area contributed by atoms with Gasteiger partial charge >= 0.3 is 0 Å². The maximum atomic E-state index is 11.9. The second-order valence-corrected chi connectivity index (χ2v) is 6.16. The predicted octanol–water partition coefficient (Wildman–Crippen LogP) is 2.68. The zero-order valence-electron chi connectivity index (χ0n) is 14.0. The van der Waals surface area contributed by atoms with Crippen LogP contribution < -0.4 is 5.43 Å². The van der Waals surface area contributed by atoms with E-state index in [9.17, 15) is 14.9 Å². The Morgan fingerprint density at radius 2 is 2.00 bits per heavy atom. The zero-order chi connectivity index (χ0) is 19.2. The third-order valence-corrected chi connectivity index (χ3v) is 4.28. The molecule has 0 bridgehead atoms. The van der Waals surface area contributed by atoms with Gasteiger partial charge in [-0.25, -0.2) is 0 Å². The largest absolute Gasteiger partial charge is 0.292 e. The van der Waals surface area contributed by atoms with Crippen LogP contribution in [0.15, 0.2) is 64.9 Å². The second kappa shape index (κ2) is 8.19. The standard InChI is InChI=1S/C16H13N7O3S/c1-11(24)15(18-17-12-6-5-9-14(10-12)23(25)26)27-16-19-20-21-22(16)13-7-3-2-4-8-13/h2-10,17H,1H3/b18-15+. The molecule has 0 fully saturated rings. The first-order valence-corrected chi connectivity index (χ1v) is 8.47. The Kier molecular flexibility index (Phi) is 5.52. The fourth-order valence-corrected chi connectivity index (χ4v) is 2.75. The number of thioether (sulfide) groups is 1. The molecule has 0 aliphatic carbocycles. The number of nitro groups is 1. The Bertz CT molecular complexity index is 1000. The van der Waals surface area contributed by atoms with E-state index < -0.39 is 4.92 Å². The Morgan fingerprint density at radius 3 is 2.70 bits per heavy atom. The first-order valence-electron chi connectivity index (χ1n) is 7.65. The molecule has 0 amide bonds. The van der Waals surface area contributed by atoms with Crippen LogP contribution in [0.4, 0.5) is 11.4 Å². The van der Waals surface area contributed by atoms with Crippen LogP contribution in [-0.2, 0) is 4.79 Å². The third kappa shape index (κ3) is 4.52. The molecule has 1 N–H and O–H groups in total. The Balaban J connectivity index is 1.82. The van der Waals surface area contributed by atoms with E-state index in [2.05, 4.69) is 26.1 Å². The number of tetrazole rings is 1. The number of hydrazone groups is 1. The van der Waals surface area contributed by atoms with Gasteiger partial charge in [0.25, 0.3) is 5.69 Å². The van der Waals surface area contributed by atoms with Crippen molar-refractivity contribution in [3.05, 3.63) is 64.7 Å². The van der Waals surface area contributed by atoms with Crippen LogP contribution in [0.3, 0.4) is 0 Å². The van der Waals surface area contributed by atoms with Gasteiger partial charge < -0.3 is 0 Å². The van der Waals surface area contributed by atoms with Gasteiger partial charge in [0.15, 0.2) is 10.8 Å². The fourth-order valence-electron chi connectivity index (χ4n) is 2.04. The van der Waals surface area contributed by atoms with Crippen molar-refractivity contribution in [1.29, 1.82) is 0 Å². The summed E-state index contributed by atoms with van der Waals surface area (Å²) in [5.41, 5.74) is 3.69. The number of carbonyl (C=O) groups excluding carboxylic acids is 1. The number of carbonyl (C=O) groups is 1. The van der Waals surface area contributed by atoms with Crippen molar-refractivity contribution in [3.8, 4) is 5.69 Å². The molecule has 2 aromatic carbocycles. The number of nitrogens with zero attached hydrogens (tertiary/aromatic N) is 6. The summed E-state index contributed by atoms with van der Waals surface area (Å²) < 4.78 is 1.48. The van der Waals surface area contributed by atoms with Crippen molar-refractivity contribution in [3.63, 3.8) is 0 Å². The molecular formula is C16H13N7O3S. The second-order valence-electron chi connectivity index (χ2n) is 5.20. The highest BCUT2D eigenvalue weighted by Crippen LogP contribution is 2.21. The van der Waals surface area contributed by atoms with E-state index in [0.29, 0.717) is 10.8 Å². The lowest BCUT2D eigenvalue weighted by molar-refractivity contribution is -0.384. The molecule has 136 valence electrons. The van der Waals surface area contributed by atoms with Gasteiger partial charge in [-0.3, -0.25) is 20.3 Å². The maximum Gasteiger partial charge on any atom is 0.271 e. The number of hydrogen-bond acceptors (Lipinski definition) is 9. The minimum Gasteiger partial charge on any atom is -0.292 e. The quantitative estimate of drug-likeness (QED) is 0.226. The minimum absolute atomic E-state index is 0.0831. The van der Waals surface area contributed by atoms with Gasteiger partial charge in [0.1, 0.15) is 0 Å². The average Bonchev–Trinajstić information content (AvgIpc) is 3.14. The molecule has 3 aromatic rings. The zero-order valence-corrected chi connectivity index (χ0v) is 14.8. The van der Waals surface area contributed by atoms with Gasteiger partial charge in [0.2, 0.25) is 5.16 Å². The monoisotopic (exact) mass is 383 g/mol. The van der Waals surface area contributed by atoms with E-state index in [0.717, 1.165) is 17.4 Å². The van der Waals surface area contributed by atoms with E-state index in [1.54, 1.807) is 6.07 Å². The molecule has 0 aliphatic heterocycles. The summed E-state index contributed by atoms with van der Waals surface area (Å²) in [5, 5.41) is 26.8. The molecule has 11 heteroatoms. The molecule has 0 unspecified atom stereocenters. The van der Waals surface area contributed by atoms with Gasteiger partial charge in [-0.05, 0) is 40.4 Å². The number of non-ortho nitro benzene ring substituents is 1. The summed E-state index contributed by atoms with van der Waals surface area (Å²) in [4.78, 5) is 22.3. The highest BCUT2D eigenvalue weighted by atomic mass is 32.2. The van der Waals surface area contributed by atoms with Gasteiger partial charge in [0, 0.05) is 19.1 Å². The van der Waals surface area contributed by atoms with Gasteiger partial charge in [0.05, 0.1) is 16.3 Å². The van der Waals surface area contributed by atoms with Gasteiger partial charge in [-0.1, -0.05) is 24.3 Å². The Morgan fingerprint density at radius 1 is 1.22 bits per heavy atom. The van der Waals surface area contributed by atoms with Crippen LogP contribution in [-0.4, -0.2) is 36.0 Å². The summed E-state index contributed by atoms with van der Waals surface area (Å²) >= 11 is 0.986. The molecule has 0 spiro atoms. The lowest BCUT2D eigenvalue weighted by atomic mass is 10.3. The average molecular weight is 383 g/mol. The number of rotatable bonds is 6. The molecule has 0 atom stereocenters. The van der Waals surface area contributed by atoms with E-state index >= 15 is 0 Å². The summed E-state index contributed by atoms with van der Waals surface area (Å²) in [6.45, 7) is 1.36. The molecule has 1 heterocycles. The summed E-state index contributed by atoms with van der Waals surface area (Å²) in [6, 6.07) is 15.0. The lowest BCUT2D eigenvalue weighted by Gasteiger charge is -2.05. The summed E-state index contributed by atoms with van der Waals surface area (Å²) in [5.74, 6) is -0.305.